The Hall–Kier alpha value is -1.10. The number of amides is 1. The molecule has 0 radical (unpaired) electrons. The van der Waals surface area contributed by atoms with Crippen LogP contribution >= 0.6 is 0 Å². The number of carboxylic acid groups (broad SMARTS) is 1. The first-order valence-electron chi connectivity index (χ1n) is 4.84. The summed E-state index contributed by atoms with van der Waals surface area (Å²) in [6, 6.07) is 0.238. The lowest BCUT2D eigenvalue weighted by atomic mass is 10.1. The number of carbonyl (C=O) groups is 2. The fraction of sp³-hybridized carbons (Fsp3) is 0.778. The Morgan fingerprint density at radius 3 is 2.71 bits per heavy atom. The monoisotopic (exact) mass is 198 g/mol. The van der Waals surface area contributed by atoms with E-state index in [4.69, 9.17) is 5.11 Å². The minimum Gasteiger partial charge on any atom is -0.480 e. The standard InChI is InChI=1S/C9H14N2O3/c1-10-7(6-2-3-6)4-8(12)11(10)5-9(13)14/h6-7H,2-5H2,1H3,(H,13,14). The molecule has 78 valence electrons. The van der Waals surface area contributed by atoms with Gasteiger partial charge in [0.25, 0.3) is 0 Å². The van der Waals surface area contributed by atoms with Gasteiger partial charge in [-0.3, -0.25) is 14.6 Å². The molecule has 0 spiro atoms. The van der Waals surface area contributed by atoms with Crippen LogP contribution in [0.4, 0.5) is 0 Å². The normalized spacial score (nSPS) is 28.5. The summed E-state index contributed by atoms with van der Waals surface area (Å²) in [6.07, 6.45) is 2.82. The lowest BCUT2D eigenvalue weighted by molar-refractivity contribution is -0.151. The molecule has 1 aliphatic carbocycles. The molecule has 5 nitrogen and oxygen atoms in total. The third-order valence-corrected chi connectivity index (χ3v) is 2.98. The zero-order chi connectivity index (χ0) is 10.3. The minimum absolute atomic E-state index is 0.0631. The van der Waals surface area contributed by atoms with E-state index in [9.17, 15) is 9.59 Å². The van der Waals surface area contributed by atoms with Gasteiger partial charge in [-0.2, -0.15) is 0 Å². The first-order chi connectivity index (χ1) is 6.59. The van der Waals surface area contributed by atoms with Crippen LogP contribution < -0.4 is 0 Å². The molecule has 2 fully saturated rings. The Morgan fingerprint density at radius 2 is 2.21 bits per heavy atom. The Morgan fingerprint density at radius 1 is 1.57 bits per heavy atom. The average molecular weight is 198 g/mol. The molecule has 1 amide bonds. The van der Waals surface area contributed by atoms with E-state index in [1.807, 2.05) is 0 Å². The van der Waals surface area contributed by atoms with E-state index < -0.39 is 5.97 Å². The van der Waals surface area contributed by atoms with Crippen molar-refractivity contribution < 1.29 is 14.7 Å². The van der Waals surface area contributed by atoms with E-state index in [-0.39, 0.29) is 18.5 Å². The third kappa shape index (κ3) is 1.59. The predicted molar refractivity (Wildman–Crippen MR) is 48.2 cm³/mol. The fourth-order valence-corrected chi connectivity index (χ4v) is 2.05. The van der Waals surface area contributed by atoms with Crippen molar-refractivity contribution in [3.05, 3.63) is 0 Å². The molecule has 14 heavy (non-hydrogen) atoms. The molecular weight excluding hydrogens is 184 g/mol. The molecule has 1 unspecified atom stereocenters. The van der Waals surface area contributed by atoms with Crippen molar-refractivity contribution in [3.8, 4) is 0 Å². The molecule has 1 atom stereocenters. The van der Waals surface area contributed by atoms with E-state index in [1.54, 1.807) is 12.1 Å². The summed E-state index contributed by atoms with van der Waals surface area (Å²) in [7, 11) is 1.80. The maximum Gasteiger partial charge on any atom is 0.324 e. The van der Waals surface area contributed by atoms with Crippen LogP contribution in [0.25, 0.3) is 0 Å². The number of hydrazine groups is 1. The number of aliphatic carboxylic acids is 1. The largest absolute Gasteiger partial charge is 0.480 e. The van der Waals surface area contributed by atoms with Crippen molar-refractivity contribution >= 4 is 11.9 Å². The second-order valence-electron chi connectivity index (χ2n) is 4.03. The number of carboxylic acids is 1. The van der Waals surface area contributed by atoms with Crippen molar-refractivity contribution in [1.82, 2.24) is 10.0 Å². The highest BCUT2D eigenvalue weighted by atomic mass is 16.4. The van der Waals surface area contributed by atoms with E-state index in [0.717, 1.165) is 0 Å². The van der Waals surface area contributed by atoms with Crippen molar-refractivity contribution in [2.75, 3.05) is 13.6 Å². The van der Waals surface area contributed by atoms with E-state index in [2.05, 4.69) is 0 Å². The highest BCUT2D eigenvalue weighted by molar-refractivity contribution is 5.82. The lowest BCUT2D eigenvalue weighted by Crippen LogP contribution is -2.43. The predicted octanol–water partition coefficient (Wildman–Crippen LogP) is -0.0713. The maximum absolute atomic E-state index is 11.5. The van der Waals surface area contributed by atoms with Crippen LogP contribution in [0, 0.1) is 5.92 Å². The number of carbonyl (C=O) groups excluding carboxylic acids is 1. The summed E-state index contributed by atoms with van der Waals surface area (Å²) < 4.78 is 0. The summed E-state index contributed by atoms with van der Waals surface area (Å²) in [5.41, 5.74) is 0. The topological polar surface area (TPSA) is 60.9 Å². The molecular formula is C9H14N2O3. The van der Waals surface area contributed by atoms with Gasteiger partial charge < -0.3 is 5.11 Å². The fourth-order valence-electron chi connectivity index (χ4n) is 2.05. The minimum atomic E-state index is -0.957. The van der Waals surface area contributed by atoms with Gasteiger partial charge in [0.1, 0.15) is 6.54 Å². The molecule has 1 saturated heterocycles. The van der Waals surface area contributed by atoms with E-state index in [1.165, 1.54) is 17.9 Å². The molecule has 1 N–H and O–H groups in total. The molecule has 0 aromatic rings. The van der Waals surface area contributed by atoms with Gasteiger partial charge in [-0.1, -0.05) is 0 Å². The molecule has 5 heteroatoms. The molecule has 1 aliphatic heterocycles. The second-order valence-corrected chi connectivity index (χ2v) is 4.03. The molecule has 1 saturated carbocycles. The van der Waals surface area contributed by atoms with Gasteiger partial charge in [-0.05, 0) is 18.8 Å². The summed E-state index contributed by atoms with van der Waals surface area (Å²) in [4.78, 5) is 22.0. The smallest absolute Gasteiger partial charge is 0.324 e. The first-order valence-corrected chi connectivity index (χ1v) is 4.84. The summed E-state index contributed by atoms with van der Waals surface area (Å²) in [5.74, 6) is -0.420. The molecule has 2 aliphatic rings. The Balaban J connectivity index is 2.03. The SMILES string of the molecule is CN1C(C2CC2)CC(=O)N1CC(=O)O. The average Bonchev–Trinajstić information content (AvgIpc) is 2.88. The van der Waals surface area contributed by atoms with Crippen molar-refractivity contribution in [2.24, 2.45) is 5.92 Å². The van der Waals surface area contributed by atoms with Crippen molar-refractivity contribution in [1.29, 1.82) is 0 Å². The molecule has 0 aromatic heterocycles. The summed E-state index contributed by atoms with van der Waals surface area (Å²) in [6.45, 7) is -0.210. The zero-order valence-electron chi connectivity index (χ0n) is 8.14. The van der Waals surface area contributed by atoms with Crippen LogP contribution in [0.5, 0.6) is 0 Å². The molecule has 0 bridgehead atoms. The quantitative estimate of drug-likeness (QED) is 0.689. The van der Waals surface area contributed by atoms with Gasteiger partial charge in [0.05, 0.1) is 0 Å². The second kappa shape index (κ2) is 3.24. The number of hydrogen-bond acceptors (Lipinski definition) is 3. The summed E-state index contributed by atoms with van der Waals surface area (Å²) >= 11 is 0. The third-order valence-electron chi connectivity index (χ3n) is 2.98. The Labute approximate surface area is 82.3 Å². The van der Waals surface area contributed by atoms with E-state index in [0.29, 0.717) is 12.3 Å². The van der Waals surface area contributed by atoms with Gasteiger partial charge in [0.15, 0.2) is 0 Å². The molecule has 2 rings (SSSR count). The van der Waals surface area contributed by atoms with Gasteiger partial charge in [-0.25, -0.2) is 5.01 Å². The number of nitrogens with zero attached hydrogens (tertiary/aromatic N) is 2. The van der Waals surface area contributed by atoms with Crippen LogP contribution in [0.2, 0.25) is 0 Å². The zero-order valence-corrected chi connectivity index (χ0v) is 8.14. The number of rotatable bonds is 3. The van der Waals surface area contributed by atoms with Crippen LogP contribution in [0.15, 0.2) is 0 Å². The van der Waals surface area contributed by atoms with E-state index >= 15 is 0 Å². The number of hydrogen-bond donors (Lipinski definition) is 1. The van der Waals surface area contributed by atoms with Gasteiger partial charge >= 0.3 is 5.97 Å². The van der Waals surface area contributed by atoms with Crippen LogP contribution in [0.1, 0.15) is 19.3 Å². The van der Waals surface area contributed by atoms with Crippen LogP contribution in [-0.2, 0) is 9.59 Å². The van der Waals surface area contributed by atoms with Gasteiger partial charge in [-0.15, -0.1) is 0 Å². The van der Waals surface area contributed by atoms with Gasteiger partial charge in [0, 0.05) is 19.5 Å². The molecule has 1 heterocycles. The van der Waals surface area contributed by atoms with Crippen molar-refractivity contribution in [2.45, 2.75) is 25.3 Å². The van der Waals surface area contributed by atoms with Crippen LogP contribution in [0.3, 0.4) is 0 Å². The first kappa shape index (κ1) is 9.45. The van der Waals surface area contributed by atoms with Crippen molar-refractivity contribution in [3.63, 3.8) is 0 Å². The Bertz CT molecular complexity index is 275. The maximum atomic E-state index is 11.5. The Kier molecular flexibility index (Phi) is 2.19. The highest BCUT2D eigenvalue weighted by Crippen LogP contribution is 2.39. The highest BCUT2D eigenvalue weighted by Gasteiger charge is 2.44. The molecule has 0 aromatic carbocycles. The van der Waals surface area contributed by atoms with Crippen LogP contribution in [-0.4, -0.2) is 46.6 Å². The lowest BCUT2D eigenvalue weighted by Gasteiger charge is -2.26. The summed E-state index contributed by atoms with van der Waals surface area (Å²) in [5, 5.41) is 11.8. The van der Waals surface area contributed by atoms with Gasteiger partial charge in [0.2, 0.25) is 5.91 Å².